The lowest BCUT2D eigenvalue weighted by Gasteiger charge is -2.24. The van der Waals surface area contributed by atoms with E-state index < -0.39 is 0 Å². The van der Waals surface area contributed by atoms with Crippen LogP contribution in [0.5, 0.6) is 0 Å². The second kappa shape index (κ2) is 5.16. The van der Waals surface area contributed by atoms with Crippen molar-refractivity contribution in [3.05, 3.63) is 42.3 Å². The van der Waals surface area contributed by atoms with Gasteiger partial charge in [0, 0.05) is 5.54 Å². The van der Waals surface area contributed by atoms with Gasteiger partial charge in [0.05, 0.1) is 0 Å². The summed E-state index contributed by atoms with van der Waals surface area (Å²) >= 11 is 0. The van der Waals surface area contributed by atoms with Crippen molar-refractivity contribution >= 4 is 0 Å². The lowest BCUT2D eigenvalue weighted by Crippen LogP contribution is -2.39. The van der Waals surface area contributed by atoms with Crippen molar-refractivity contribution in [1.82, 2.24) is 0 Å². The van der Waals surface area contributed by atoms with E-state index in [1.807, 2.05) is 6.07 Å². The molecule has 77 valence electrons. The van der Waals surface area contributed by atoms with Crippen molar-refractivity contribution in [2.75, 3.05) is 0 Å². The molecule has 1 unspecified atom stereocenters. The number of hydrogen-bond acceptors (Lipinski definition) is 1. The Bertz CT molecular complexity index is 251. The van der Waals surface area contributed by atoms with Crippen LogP contribution < -0.4 is 5.73 Å². The lowest BCUT2D eigenvalue weighted by atomic mass is 9.89. The molecule has 14 heavy (non-hydrogen) atoms. The molecule has 1 heteroatoms. The maximum Gasteiger partial charge on any atom is 0.0198 e. The molecule has 0 spiro atoms. The largest absolute Gasteiger partial charge is 0.325 e. The SMILES string of the molecule is CCC[CH]C(C)(N)Cc1ccccc1. The molecule has 0 fully saturated rings. The third-order valence-corrected chi connectivity index (χ3v) is 2.33. The van der Waals surface area contributed by atoms with E-state index in [2.05, 4.69) is 44.5 Å². The Morgan fingerprint density at radius 2 is 1.93 bits per heavy atom. The van der Waals surface area contributed by atoms with E-state index in [0.717, 1.165) is 12.8 Å². The smallest absolute Gasteiger partial charge is 0.0198 e. The van der Waals surface area contributed by atoms with Crippen LogP contribution in [0, 0.1) is 6.42 Å². The van der Waals surface area contributed by atoms with E-state index in [1.54, 1.807) is 0 Å². The lowest BCUT2D eigenvalue weighted by molar-refractivity contribution is 0.514. The Kier molecular flexibility index (Phi) is 4.15. The summed E-state index contributed by atoms with van der Waals surface area (Å²) in [5, 5.41) is 0. The van der Waals surface area contributed by atoms with Crippen molar-refractivity contribution < 1.29 is 0 Å². The topological polar surface area (TPSA) is 26.0 Å². The predicted octanol–water partition coefficient (Wildman–Crippen LogP) is 2.95. The maximum absolute atomic E-state index is 6.18. The molecular weight excluding hydrogens is 170 g/mol. The van der Waals surface area contributed by atoms with Gasteiger partial charge in [-0.05, 0) is 31.7 Å². The van der Waals surface area contributed by atoms with E-state index in [1.165, 1.54) is 12.0 Å². The first-order valence-electron chi connectivity index (χ1n) is 5.31. The summed E-state index contributed by atoms with van der Waals surface area (Å²) < 4.78 is 0. The molecule has 0 aliphatic heterocycles. The molecule has 1 aromatic carbocycles. The highest BCUT2D eigenvalue weighted by molar-refractivity contribution is 5.18. The molecular formula is C13H20N. The first-order chi connectivity index (χ1) is 6.64. The quantitative estimate of drug-likeness (QED) is 0.759. The molecule has 1 rings (SSSR count). The first kappa shape index (κ1) is 11.3. The average molecular weight is 190 g/mol. The van der Waals surface area contributed by atoms with E-state index in [9.17, 15) is 0 Å². The van der Waals surface area contributed by atoms with Gasteiger partial charge in [-0.15, -0.1) is 0 Å². The highest BCUT2D eigenvalue weighted by Crippen LogP contribution is 2.15. The molecule has 1 nitrogen and oxygen atoms in total. The van der Waals surface area contributed by atoms with Gasteiger partial charge in [0.25, 0.3) is 0 Å². The van der Waals surface area contributed by atoms with Gasteiger partial charge in [-0.1, -0.05) is 43.7 Å². The Balaban J connectivity index is 2.50. The van der Waals surface area contributed by atoms with E-state index in [4.69, 9.17) is 5.73 Å². The molecule has 0 aliphatic carbocycles. The van der Waals surface area contributed by atoms with Crippen LogP contribution >= 0.6 is 0 Å². The van der Waals surface area contributed by atoms with Crippen LogP contribution in [0.2, 0.25) is 0 Å². The van der Waals surface area contributed by atoms with Gasteiger partial charge < -0.3 is 5.73 Å². The minimum absolute atomic E-state index is 0.169. The van der Waals surface area contributed by atoms with Gasteiger partial charge in [-0.2, -0.15) is 0 Å². The average Bonchev–Trinajstić information content (AvgIpc) is 2.16. The van der Waals surface area contributed by atoms with E-state index >= 15 is 0 Å². The molecule has 0 amide bonds. The van der Waals surface area contributed by atoms with Crippen LogP contribution in [0.25, 0.3) is 0 Å². The van der Waals surface area contributed by atoms with E-state index in [-0.39, 0.29) is 5.54 Å². The van der Waals surface area contributed by atoms with Gasteiger partial charge in [0.15, 0.2) is 0 Å². The molecule has 0 heterocycles. The van der Waals surface area contributed by atoms with Crippen LogP contribution in [-0.2, 0) is 6.42 Å². The van der Waals surface area contributed by atoms with Crippen LogP contribution in [0.1, 0.15) is 32.3 Å². The number of unbranched alkanes of at least 4 members (excludes halogenated alkanes) is 1. The Labute approximate surface area is 87.3 Å². The zero-order valence-corrected chi connectivity index (χ0v) is 9.16. The van der Waals surface area contributed by atoms with Crippen molar-refractivity contribution in [2.24, 2.45) is 5.73 Å². The number of benzene rings is 1. The summed E-state index contributed by atoms with van der Waals surface area (Å²) in [7, 11) is 0. The molecule has 0 saturated heterocycles. The van der Waals surface area contributed by atoms with Crippen molar-refractivity contribution in [2.45, 2.75) is 38.6 Å². The highest BCUT2D eigenvalue weighted by Gasteiger charge is 2.17. The zero-order chi connectivity index (χ0) is 10.4. The van der Waals surface area contributed by atoms with Gasteiger partial charge in [-0.3, -0.25) is 0 Å². The molecule has 2 N–H and O–H groups in total. The van der Waals surface area contributed by atoms with Crippen molar-refractivity contribution in [3.63, 3.8) is 0 Å². The monoisotopic (exact) mass is 190 g/mol. The van der Waals surface area contributed by atoms with Gasteiger partial charge in [0.1, 0.15) is 0 Å². The predicted molar refractivity (Wildman–Crippen MR) is 61.9 cm³/mol. The van der Waals surface area contributed by atoms with Crippen LogP contribution in [0.15, 0.2) is 30.3 Å². The van der Waals surface area contributed by atoms with Gasteiger partial charge in [0.2, 0.25) is 0 Å². The zero-order valence-electron chi connectivity index (χ0n) is 9.16. The van der Waals surface area contributed by atoms with Crippen LogP contribution in [-0.4, -0.2) is 5.54 Å². The summed E-state index contributed by atoms with van der Waals surface area (Å²) in [5.41, 5.74) is 7.32. The minimum Gasteiger partial charge on any atom is -0.325 e. The number of nitrogens with two attached hydrogens (primary N) is 1. The highest BCUT2D eigenvalue weighted by atomic mass is 14.7. The fraction of sp³-hybridized carbons (Fsp3) is 0.462. The summed E-state index contributed by atoms with van der Waals surface area (Å²) in [4.78, 5) is 0. The van der Waals surface area contributed by atoms with Crippen LogP contribution in [0.3, 0.4) is 0 Å². The molecule has 1 radical (unpaired) electrons. The minimum atomic E-state index is -0.169. The molecule has 0 bridgehead atoms. The summed E-state index contributed by atoms with van der Waals surface area (Å²) in [6.45, 7) is 4.27. The standard InChI is InChI=1S/C13H20N/c1-3-4-10-13(2,14)11-12-8-6-5-7-9-12/h5-10H,3-4,11,14H2,1-2H3. The fourth-order valence-corrected chi connectivity index (χ4v) is 1.58. The molecule has 0 aromatic heterocycles. The van der Waals surface area contributed by atoms with Crippen molar-refractivity contribution in [3.8, 4) is 0 Å². The summed E-state index contributed by atoms with van der Waals surface area (Å²) in [6.07, 6.45) is 5.41. The molecule has 1 atom stereocenters. The normalized spacial score (nSPS) is 15.1. The summed E-state index contributed by atoms with van der Waals surface area (Å²) in [6, 6.07) is 10.4. The van der Waals surface area contributed by atoms with Crippen molar-refractivity contribution in [1.29, 1.82) is 0 Å². The number of rotatable bonds is 5. The second-order valence-electron chi connectivity index (χ2n) is 4.16. The third kappa shape index (κ3) is 3.93. The van der Waals surface area contributed by atoms with Gasteiger partial charge >= 0.3 is 0 Å². The Morgan fingerprint density at radius 1 is 1.29 bits per heavy atom. The third-order valence-electron chi connectivity index (χ3n) is 2.33. The Hall–Kier alpha value is -0.820. The van der Waals surface area contributed by atoms with Gasteiger partial charge in [-0.25, -0.2) is 0 Å². The van der Waals surface area contributed by atoms with E-state index in [0.29, 0.717) is 0 Å². The Morgan fingerprint density at radius 3 is 2.50 bits per heavy atom. The fourth-order valence-electron chi connectivity index (χ4n) is 1.58. The number of hydrogen-bond donors (Lipinski definition) is 1. The molecule has 0 saturated carbocycles. The molecule has 0 aliphatic rings. The second-order valence-corrected chi connectivity index (χ2v) is 4.16. The molecule has 1 aromatic rings. The van der Waals surface area contributed by atoms with Crippen LogP contribution in [0.4, 0.5) is 0 Å². The first-order valence-corrected chi connectivity index (χ1v) is 5.31. The maximum atomic E-state index is 6.18. The summed E-state index contributed by atoms with van der Waals surface area (Å²) in [5.74, 6) is 0.